The molecule has 0 radical (unpaired) electrons. The van der Waals surface area contributed by atoms with Gasteiger partial charge in [0.05, 0.1) is 4.90 Å². The van der Waals surface area contributed by atoms with E-state index in [-0.39, 0.29) is 34.0 Å². The molecule has 0 saturated heterocycles. The third-order valence-corrected chi connectivity index (χ3v) is 5.63. The first-order valence-electron chi connectivity index (χ1n) is 7.92. The molecule has 0 aliphatic rings. The van der Waals surface area contributed by atoms with Gasteiger partial charge in [0.15, 0.2) is 0 Å². The zero-order chi connectivity index (χ0) is 19.5. The molecule has 0 spiro atoms. The van der Waals surface area contributed by atoms with Crippen molar-refractivity contribution < 1.29 is 17.6 Å². The number of sulfonamides is 1. The van der Waals surface area contributed by atoms with Crippen LogP contribution < -0.4 is 4.72 Å². The number of nitrogens with zero attached hydrogens (tertiary/aromatic N) is 1. The van der Waals surface area contributed by atoms with Gasteiger partial charge in [0.2, 0.25) is 10.0 Å². The Morgan fingerprint density at radius 2 is 1.81 bits per heavy atom. The van der Waals surface area contributed by atoms with Crippen LogP contribution in [0.3, 0.4) is 0 Å². The Labute approximate surface area is 157 Å². The molecule has 0 bridgehead atoms. The summed E-state index contributed by atoms with van der Waals surface area (Å²) in [5, 5.41) is 0.242. The maximum Gasteiger partial charge on any atom is 0.253 e. The summed E-state index contributed by atoms with van der Waals surface area (Å²) in [5.41, 5.74) is 0.522. The lowest BCUT2D eigenvalue weighted by molar-refractivity contribution is 0.0784. The third kappa shape index (κ3) is 4.81. The van der Waals surface area contributed by atoms with Crippen LogP contribution in [0.15, 0.2) is 47.4 Å². The maximum atomic E-state index is 13.9. The maximum absolute atomic E-state index is 13.9. The normalized spacial score (nSPS) is 11.6. The summed E-state index contributed by atoms with van der Waals surface area (Å²) in [6.07, 6.45) is 0. The lowest BCUT2D eigenvalue weighted by Gasteiger charge is -2.19. The Bertz CT molecular complexity index is 879. The lowest BCUT2D eigenvalue weighted by Crippen LogP contribution is -2.30. The van der Waals surface area contributed by atoms with Gasteiger partial charge in [0.25, 0.3) is 5.91 Å². The predicted molar refractivity (Wildman–Crippen MR) is 99.1 cm³/mol. The van der Waals surface area contributed by atoms with E-state index in [9.17, 15) is 17.6 Å². The Balaban J connectivity index is 2.17. The van der Waals surface area contributed by atoms with Crippen molar-refractivity contribution in [2.45, 2.75) is 31.3 Å². The monoisotopic (exact) mass is 398 g/mol. The number of carbonyl (C=O) groups is 1. The fourth-order valence-electron chi connectivity index (χ4n) is 2.37. The van der Waals surface area contributed by atoms with Gasteiger partial charge in [0, 0.05) is 35.8 Å². The van der Waals surface area contributed by atoms with Crippen molar-refractivity contribution in [1.82, 2.24) is 9.62 Å². The van der Waals surface area contributed by atoms with E-state index >= 15 is 0 Å². The summed E-state index contributed by atoms with van der Waals surface area (Å²) in [6, 6.07) is 9.67. The van der Waals surface area contributed by atoms with Gasteiger partial charge in [-0.25, -0.2) is 17.5 Å². The molecule has 0 heterocycles. The number of nitrogens with one attached hydrogen (secondary N) is 1. The Hall–Kier alpha value is -1.96. The van der Waals surface area contributed by atoms with E-state index in [4.69, 9.17) is 11.6 Å². The van der Waals surface area contributed by atoms with Crippen LogP contribution >= 0.6 is 11.6 Å². The molecule has 140 valence electrons. The van der Waals surface area contributed by atoms with Gasteiger partial charge in [-0.2, -0.15) is 0 Å². The van der Waals surface area contributed by atoms with Crippen LogP contribution in [0.4, 0.5) is 4.39 Å². The number of hydrogen-bond donors (Lipinski definition) is 1. The van der Waals surface area contributed by atoms with Gasteiger partial charge >= 0.3 is 0 Å². The predicted octanol–water partition coefficient (Wildman–Crippen LogP) is 3.44. The summed E-state index contributed by atoms with van der Waals surface area (Å²) in [5.74, 6) is -0.858. The quantitative estimate of drug-likeness (QED) is 0.810. The topological polar surface area (TPSA) is 66.5 Å². The molecule has 0 unspecified atom stereocenters. The third-order valence-electron chi connectivity index (χ3n) is 3.61. The van der Waals surface area contributed by atoms with E-state index < -0.39 is 15.8 Å². The van der Waals surface area contributed by atoms with E-state index in [0.29, 0.717) is 5.56 Å². The van der Waals surface area contributed by atoms with Gasteiger partial charge in [-0.15, -0.1) is 0 Å². The highest BCUT2D eigenvalue weighted by Crippen LogP contribution is 2.21. The summed E-state index contributed by atoms with van der Waals surface area (Å²) < 4.78 is 40.6. The molecule has 8 heteroatoms. The van der Waals surface area contributed by atoms with Crippen LogP contribution in [-0.4, -0.2) is 32.3 Å². The first-order chi connectivity index (χ1) is 12.1. The fraction of sp³-hybridized carbons (Fsp3) is 0.278. The minimum Gasteiger partial charge on any atom is -0.337 e. The smallest absolute Gasteiger partial charge is 0.253 e. The van der Waals surface area contributed by atoms with Crippen molar-refractivity contribution in [1.29, 1.82) is 0 Å². The Morgan fingerprint density at radius 3 is 2.35 bits per heavy atom. The highest BCUT2D eigenvalue weighted by molar-refractivity contribution is 7.89. The van der Waals surface area contributed by atoms with Crippen LogP contribution in [0.1, 0.15) is 29.8 Å². The van der Waals surface area contributed by atoms with Crippen molar-refractivity contribution in [2.75, 3.05) is 7.05 Å². The van der Waals surface area contributed by atoms with E-state index in [2.05, 4.69) is 4.72 Å². The van der Waals surface area contributed by atoms with Crippen LogP contribution in [0, 0.1) is 5.82 Å². The molecule has 1 amide bonds. The minimum atomic E-state index is -3.62. The summed E-state index contributed by atoms with van der Waals surface area (Å²) >= 11 is 5.99. The van der Waals surface area contributed by atoms with Crippen LogP contribution in [0.2, 0.25) is 5.02 Å². The first kappa shape index (κ1) is 20.4. The molecule has 0 aromatic heterocycles. The molecule has 0 aliphatic carbocycles. The molecule has 2 rings (SSSR count). The zero-order valence-corrected chi connectivity index (χ0v) is 16.2. The van der Waals surface area contributed by atoms with Gasteiger partial charge in [-0.3, -0.25) is 4.79 Å². The Morgan fingerprint density at radius 1 is 1.19 bits per heavy atom. The van der Waals surface area contributed by atoms with Crippen molar-refractivity contribution in [3.05, 3.63) is 64.4 Å². The van der Waals surface area contributed by atoms with Gasteiger partial charge < -0.3 is 4.90 Å². The van der Waals surface area contributed by atoms with Crippen molar-refractivity contribution in [3.63, 3.8) is 0 Å². The number of rotatable bonds is 6. The van der Waals surface area contributed by atoms with E-state index in [1.807, 2.05) is 0 Å². The second kappa shape index (κ2) is 8.16. The molecule has 2 aromatic carbocycles. The molecule has 1 N–H and O–H groups in total. The second-order valence-corrected chi connectivity index (χ2v) is 8.28. The van der Waals surface area contributed by atoms with Gasteiger partial charge in [0.1, 0.15) is 5.82 Å². The molecule has 0 fully saturated rings. The number of benzene rings is 2. The van der Waals surface area contributed by atoms with Crippen molar-refractivity contribution in [3.8, 4) is 0 Å². The van der Waals surface area contributed by atoms with Gasteiger partial charge in [-0.1, -0.05) is 17.7 Å². The SMILES string of the molecule is CC(C)NS(=O)(=O)c1ccc(C(=O)N(C)Cc2c(F)cccc2Cl)cc1. The molecule has 0 atom stereocenters. The van der Waals surface area contributed by atoms with Crippen molar-refractivity contribution in [2.24, 2.45) is 0 Å². The molecule has 26 heavy (non-hydrogen) atoms. The highest BCUT2D eigenvalue weighted by Gasteiger charge is 2.18. The minimum absolute atomic E-state index is 0.000699. The summed E-state index contributed by atoms with van der Waals surface area (Å²) in [7, 11) is -2.10. The van der Waals surface area contributed by atoms with E-state index in [1.54, 1.807) is 19.9 Å². The summed E-state index contributed by atoms with van der Waals surface area (Å²) in [6.45, 7) is 3.44. The molecular weight excluding hydrogens is 379 g/mol. The molecular formula is C18H20ClFN2O3S. The lowest BCUT2D eigenvalue weighted by atomic mass is 10.1. The van der Waals surface area contributed by atoms with Crippen LogP contribution in [0.5, 0.6) is 0 Å². The largest absolute Gasteiger partial charge is 0.337 e. The number of carbonyl (C=O) groups excluding carboxylic acids is 1. The van der Waals surface area contributed by atoms with Crippen LogP contribution in [0.25, 0.3) is 0 Å². The molecule has 5 nitrogen and oxygen atoms in total. The van der Waals surface area contributed by atoms with E-state index in [1.165, 1.54) is 48.3 Å². The Kier molecular flexibility index (Phi) is 6.39. The average molecular weight is 399 g/mol. The number of halogens is 2. The van der Waals surface area contributed by atoms with Crippen LogP contribution in [-0.2, 0) is 16.6 Å². The molecule has 0 aliphatic heterocycles. The fourth-order valence-corrected chi connectivity index (χ4v) is 3.84. The van der Waals surface area contributed by atoms with E-state index in [0.717, 1.165) is 0 Å². The van der Waals surface area contributed by atoms with Gasteiger partial charge in [-0.05, 0) is 50.2 Å². The first-order valence-corrected chi connectivity index (χ1v) is 9.78. The standard InChI is InChI=1S/C18H20ClFN2O3S/c1-12(2)21-26(24,25)14-9-7-13(8-10-14)18(23)22(3)11-15-16(19)5-4-6-17(15)20/h4-10,12,21H,11H2,1-3H3. The summed E-state index contributed by atoms with van der Waals surface area (Å²) in [4.78, 5) is 13.9. The van der Waals surface area contributed by atoms with Crippen molar-refractivity contribution >= 4 is 27.5 Å². The second-order valence-electron chi connectivity index (χ2n) is 6.16. The molecule has 2 aromatic rings. The number of hydrogen-bond acceptors (Lipinski definition) is 3. The highest BCUT2D eigenvalue weighted by atomic mass is 35.5. The zero-order valence-electron chi connectivity index (χ0n) is 14.7. The number of amides is 1. The average Bonchev–Trinajstić information content (AvgIpc) is 2.56. The molecule has 0 saturated carbocycles.